The fourth-order valence-electron chi connectivity index (χ4n) is 0.917. The molecule has 66 valence electrons. The topological polar surface area (TPSA) is 33.1 Å². The van der Waals surface area contributed by atoms with Crippen molar-refractivity contribution in [2.45, 2.75) is 25.9 Å². The van der Waals surface area contributed by atoms with Gasteiger partial charge in [-0.2, -0.15) is 0 Å². The Bertz CT molecular complexity index is 243. The Balaban J connectivity index is 2.39. The monoisotopic (exact) mass is 183 g/mol. The molecule has 1 unspecified atom stereocenters. The van der Waals surface area contributed by atoms with Crippen molar-refractivity contribution in [1.82, 2.24) is 4.98 Å². The number of aliphatic hydroxyl groups excluding tert-OH is 1. The summed E-state index contributed by atoms with van der Waals surface area (Å²) in [5, 5.41) is 11.4. The van der Waals surface area contributed by atoms with Crippen LogP contribution in [0.1, 0.15) is 31.6 Å². The number of hydrogen-bond acceptors (Lipinski definition) is 3. The van der Waals surface area contributed by atoms with Gasteiger partial charge in [-0.15, -0.1) is 17.9 Å². The summed E-state index contributed by atoms with van der Waals surface area (Å²) >= 11 is 1.51. The van der Waals surface area contributed by atoms with Crippen LogP contribution >= 0.6 is 11.3 Å². The average Bonchev–Trinajstić information content (AvgIpc) is 2.51. The highest BCUT2D eigenvalue weighted by Crippen LogP contribution is 2.19. The maximum absolute atomic E-state index is 9.56. The number of allylic oxidation sites excluding steroid dienone is 1. The van der Waals surface area contributed by atoms with Crippen LogP contribution in [-0.4, -0.2) is 10.1 Å². The molecule has 0 bridgehead atoms. The number of rotatable bonds is 4. The summed E-state index contributed by atoms with van der Waals surface area (Å²) in [6.07, 6.45) is 1.16. The SMILES string of the molecule is C=C(C)CCC(O)c1cscn1. The minimum absolute atomic E-state index is 0.423. The molecule has 1 rings (SSSR count). The van der Waals surface area contributed by atoms with Crippen molar-refractivity contribution in [1.29, 1.82) is 0 Å². The van der Waals surface area contributed by atoms with Crippen molar-refractivity contribution >= 4 is 11.3 Å². The zero-order chi connectivity index (χ0) is 8.97. The van der Waals surface area contributed by atoms with E-state index >= 15 is 0 Å². The molecule has 0 saturated carbocycles. The largest absolute Gasteiger partial charge is 0.387 e. The lowest BCUT2D eigenvalue weighted by atomic mass is 10.1. The minimum Gasteiger partial charge on any atom is -0.387 e. The van der Waals surface area contributed by atoms with Crippen molar-refractivity contribution in [3.05, 3.63) is 28.7 Å². The molecular weight excluding hydrogens is 170 g/mol. The van der Waals surface area contributed by atoms with Crippen LogP contribution in [0.3, 0.4) is 0 Å². The van der Waals surface area contributed by atoms with Gasteiger partial charge in [0.25, 0.3) is 0 Å². The lowest BCUT2D eigenvalue weighted by molar-refractivity contribution is 0.164. The highest BCUT2D eigenvalue weighted by atomic mass is 32.1. The van der Waals surface area contributed by atoms with Gasteiger partial charge in [0.15, 0.2) is 0 Å². The van der Waals surface area contributed by atoms with Crippen LogP contribution < -0.4 is 0 Å². The maximum atomic E-state index is 9.56. The molecule has 1 atom stereocenters. The van der Waals surface area contributed by atoms with Gasteiger partial charge in [0.2, 0.25) is 0 Å². The summed E-state index contributed by atoms with van der Waals surface area (Å²) in [5.41, 5.74) is 3.62. The number of thiazole rings is 1. The molecule has 2 nitrogen and oxygen atoms in total. The van der Waals surface area contributed by atoms with E-state index in [4.69, 9.17) is 0 Å². The summed E-state index contributed by atoms with van der Waals surface area (Å²) in [6.45, 7) is 5.75. The second-order valence-corrected chi connectivity index (χ2v) is 3.64. The predicted octanol–water partition coefficient (Wildman–Crippen LogP) is 2.53. The lowest BCUT2D eigenvalue weighted by Gasteiger charge is -2.06. The van der Waals surface area contributed by atoms with Crippen molar-refractivity contribution in [2.75, 3.05) is 0 Å². The summed E-state index contributed by atoms with van der Waals surface area (Å²) < 4.78 is 0. The van der Waals surface area contributed by atoms with Crippen LogP contribution in [0, 0.1) is 0 Å². The van der Waals surface area contributed by atoms with Gasteiger partial charge < -0.3 is 5.11 Å². The highest BCUT2D eigenvalue weighted by Gasteiger charge is 2.08. The van der Waals surface area contributed by atoms with E-state index in [-0.39, 0.29) is 0 Å². The van der Waals surface area contributed by atoms with Gasteiger partial charge in [-0.25, -0.2) is 4.98 Å². The molecule has 0 spiro atoms. The minimum atomic E-state index is -0.423. The van der Waals surface area contributed by atoms with Crippen molar-refractivity contribution in [3.8, 4) is 0 Å². The van der Waals surface area contributed by atoms with Crippen LogP contribution in [0.2, 0.25) is 0 Å². The molecule has 1 heterocycles. The van der Waals surface area contributed by atoms with Gasteiger partial charge in [0.05, 0.1) is 17.3 Å². The smallest absolute Gasteiger partial charge is 0.0971 e. The van der Waals surface area contributed by atoms with Crippen LogP contribution in [0.25, 0.3) is 0 Å². The Labute approximate surface area is 76.6 Å². The third-order valence-electron chi connectivity index (χ3n) is 1.64. The molecule has 0 aliphatic heterocycles. The van der Waals surface area contributed by atoms with Crippen LogP contribution in [0.4, 0.5) is 0 Å². The van der Waals surface area contributed by atoms with E-state index in [2.05, 4.69) is 11.6 Å². The fourth-order valence-corrected chi connectivity index (χ4v) is 1.52. The molecule has 0 amide bonds. The molecule has 1 aromatic heterocycles. The highest BCUT2D eigenvalue weighted by molar-refractivity contribution is 7.07. The number of hydrogen-bond donors (Lipinski definition) is 1. The van der Waals surface area contributed by atoms with Gasteiger partial charge in [-0.1, -0.05) is 5.57 Å². The zero-order valence-corrected chi connectivity index (χ0v) is 7.97. The van der Waals surface area contributed by atoms with Crippen LogP contribution in [-0.2, 0) is 0 Å². The third kappa shape index (κ3) is 2.75. The quantitative estimate of drug-likeness (QED) is 0.728. The third-order valence-corrected chi connectivity index (χ3v) is 2.24. The summed E-state index contributed by atoms with van der Waals surface area (Å²) in [6, 6.07) is 0. The standard InChI is InChI=1S/C9H13NOS/c1-7(2)3-4-9(11)8-5-12-6-10-8/h5-6,9,11H,1,3-4H2,2H3. The van der Waals surface area contributed by atoms with Crippen molar-refractivity contribution < 1.29 is 5.11 Å². The molecule has 0 fully saturated rings. The summed E-state index contributed by atoms with van der Waals surface area (Å²) in [7, 11) is 0. The number of aliphatic hydroxyl groups is 1. The first kappa shape index (κ1) is 9.42. The molecule has 1 N–H and O–H groups in total. The second kappa shape index (κ2) is 4.38. The molecule has 0 radical (unpaired) electrons. The second-order valence-electron chi connectivity index (χ2n) is 2.92. The summed E-state index contributed by atoms with van der Waals surface area (Å²) in [4.78, 5) is 4.03. The molecule has 1 aromatic rings. The Morgan fingerprint density at radius 3 is 3.08 bits per heavy atom. The summed E-state index contributed by atoms with van der Waals surface area (Å²) in [5.74, 6) is 0. The van der Waals surface area contributed by atoms with Gasteiger partial charge >= 0.3 is 0 Å². The van der Waals surface area contributed by atoms with E-state index in [9.17, 15) is 5.11 Å². The van der Waals surface area contributed by atoms with Crippen molar-refractivity contribution in [2.24, 2.45) is 0 Å². The van der Waals surface area contributed by atoms with E-state index in [0.717, 1.165) is 24.1 Å². The normalized spacial score (nSPS) is 12.8. The van der Waals surface area contributed by atoms with Crippen LogP contribution in [0.5, 0.6) is 0 Å². The van der Waals surface area contributed by atoms with Crippen LogP contribution in [0.15, 0.2) is 23.0 Å². The lowest BCUT2D eigenvalue weighted by Crippen LogP contribution is -1.97. The molecule has 0 aliphatic carbocycles. The Morgan fingerprint density at radius 2 is 2.58 bits per heavy atom. The van der Waals surface area contributed by atoms with Gasteiger partial charge in [0.1, 0.15) is 0 Å². The first-order chi connectivity index (χ1) is 5.70. The molecule has 0 aliphatic rings. The van der Waals surface area contributed by atoms with E-state index in [1.165, 1.54) is 11.3 Å². The maximum Gasteiger partial charge on any atom is 0.0971 e. The Kier molecular flexibility index (Phi) is 3.44. The Morgan fingerprint density at radius 1 is 1.83 bits per heavy atom. The van der Waals surface area contributed by atoms with E-state index in [1.807, 2.05) is 12.3 Å². The van der Waals surface area contributed by atoms with E-state index < -0.39 is 6.10 Å². The number of aromatic nitrogens is 1. The predicted molar refractivity (Wildman–Crippen MR) is 51.1 cm³/mol. The van der Waals surface area contributed by atoms with Gasteiger partial charge in [-0.3, -0.25) is 0 Å². The fraction of sp³-hybridized carbons (Fsp3) is 0.444. The molecular formula is C9H13NOS. The zero-order valence-electron chi connectivity index (χ0n) is 7.16. The first-order valence-electron chi connectivity index (χ1n) is 3.90. The number of nitrogens with zero attached hydrogens (tertiary/aromatic N) is 1. The van der Waals surface area contributed by atoms with E-state index in [0.29, 0.717) is 0 Å². The molecule has 0 aromatic carbocycles. The molecule has 3 heteroatoms. The molecule has 12 heavy (non-hydrogen) atoms. The van der Waals surface area contributed by atoms with Crippen molar-refractivity contribution in [3.63, 3.8) is 0 Å². The van der Waals surface area contributed by atoms with Gasteiger partial charge in [0, 0.05) is 5.38 Å². The molecule has 0 saturated heterocycles. The Hall–Kier alpha value is -0.670. The first-order valence-corrected chi connectivity index (χ1v) is 4.85. The van der Waals surface area contributed by atoms with E-state index in [1.54, 1.807) is 5.51 Å². The average molecular weight is 183 g/mol. The van der Waals surface area contributed by atoms with Gasteiger partial charge in [-0.05, 0) is 19.8 Å².